The van der Waals surface area contributed by atoms with E-state index in [1.54, 1.807) is 0 Å². The smallest absolute Gasteiger partial charge is 0.0672 e. The molecule has 1 aliphatic carbocycles. The Kier molecular flexibility index (Phi) is 2.83. The highest BCUT2D eigenvalue weighted by molar-refractivity contribution is 5.88. The summed E-state index contributed by atoms with van der Waals surface area (Å²) >= 11 is 0. The van der Waals surface area contributed by atoms with Crippen LogP contribution in [-0.2, 0) is 0 Å². The molecule has 4 nitrogen and oxygen atoms in total. The maximum atomic E-state index is 6.26. The molecule has 1 aromatic carbocycles. The van der Waals surface area contributed by atoms with E-state index in [4.69, 9.17) is 5.73 Å². The lowest BCUT2D eigenvalue weighted by Crippen LogP contribution is -2.42. The van der Waals surface area contributed by atoms with Crippen molar-refractivity contribution in [3.05, 3.63) is 18.3 Å². The van der Waals surface area contributed by atoms with Gasteiger partial charge in [-0.05, 0) is 36.8 Å². The topological polar surface area (TPSA) is 57.9 Å². The normalized spacial score (nSPS) is 26.7. The number of nitrogens with zero attached hydrogens (tertiary/aromatic N) is 2. The van der Waals surface area contributed by atoms with Crippen LogP contribution in [0.25, 0.3) is 10.9 Å². The van der Waals surface area contributed by atoms with Gasteiger partial charge in [0.05, 0.1) is 23.1 Å². The van der Waals surface area contributed by atoms with Gasteiger partial charge in [-0.2, -0.15) is 5.10 Å². The summed E-state index contributed by atoms with van der Waals surface area (Å²) in [6, 6.07) is 4.21. The van der Waals surface area contributed by atoms with E-state index in [0.717, 1.165) is 35.0 Å². The Bertz CT molecular complexity index is 618. The molecular weight excluding hydrogens is 248 g/mol. The first-order valence-electron chi connectivity index (χ1n) is 7.79. The molecule has 1 saturated heterocycles. The van der Waals surface area contributed by atoms with Crippen molar-refractivity contribution in [2.24, 2.45) is 11.8 Å². The first kappa shape index (κ1) is 12.1. The Hall–Kier alpha value is -1.71. The van der Waals surface area contributed by atoms with Gasteiger partial charge < -0.3 is 10.6 Å². The highest BCUT2D eigenvalue weighted by Gasteiger charge is 2.31. The number of H-pyrrole nitrogens is 1. The van der Waals surface area contributed by atoms with Crippen LogP contribution in [0.4, 0.5) is 11.4 Å². The Morgan fingerprint density at radius 1 is 1.15 bits per heavy atom. The molecule has 2 atom stereocenters. The molecule has 2 unspecified atom stereocenters. The molecule has 4 rings (SSSR count). The van der Waals surface area contributed by atoms with Gasteiger partial charge in [0.15, 0.2) is 0 Å². The van der Waals surface area contributed by atoms with Gasteiger partial charge in [-0.25, -0.2) is 0 Å². The number of nitrogens with two attached hydrogens (primary N) is 1. The highest BCUT2D eigenvalue weighted by atomic mass is 15.2. The number of piperidine rings is 1. The van der Waals surface area contributed by atoms with Crippen LogP contribution in [0.3, 0.4) is 0 Å². The summed E-state index contributed by atoms with van der Waals surface area (Å²) in [4.78, 5) is 2.49. The van der Waals surface area contributed by atoms with E-state index >= 15 is 0 Å². The Labute approximate surface area is 119 Å². The van der Waals surface area contributed by atoms with E-state index < -0.39 is 0 Å². The number of aromatic amines is 1. The van der Waals surface area contributed by atoms with E-state index in [1.165, 1.54) is 44.3 Å². The second-order valence-electron chi connectivity index (χ2n) is 6.41. The monoisotopic (exact) mass is 270 g/mol. The zero-order valence-electron chi connectivity index (χ0n) is 11.8. The predicted octanol–water partition coefficient (Wildman–Crippen LogP) is 3.16. The molecule has 2 aromatic rings. The number of rotatable bonds is 1. The van der Waals surface area contributed by atoms with Crippen LogP contribution in [0.2, 0.25) is 0 Å². The lowest BCUT2D eigenvalue weighted by atomic mass is 9.75. The minimum Gasteiger partial charge on any atom is -0.397 e. The van der Waals surface area contributed by atoms with Crippen molar-refractivity contribution < 1.29 is 0 Å². The first-order chi connectivity index (χ1) is 9.81. The molecule has 1 aliphatic heterocycles. The minimum absolute atomic E-state index is 0.870. The average Bonchev–Trinajstić information content (AvgIpc) is 2.93. The zero-order valence-corrected chi connectivity index (χ0v) is 11.8. The van der Waals surface area contributed by atoms with Crippen molar-refractivity contribution >= 4 is 22.3 Å². The van der Waals surface area contributed by atoms with Crippen molar-refractivity contribution in [1.29, 1.82) is 0 Å². The average molecular weight is 270 g/mol. The molecule has 3 N–H and O–H groups in total. The second-order valence-corrected chi connectivity index (χ2v) is 6.41. The fourth-order valence-electron chi connectivity index (χ4n) is 4.09. The summed E-state index contributed by atoms with van der Waals surface area (Å²) in [7, 11) is 0. The molecule has 0 radical (unpaired) electrons. The predicted molar refractivity (Wildman–Crippen MR) is 82.8 cm³/mol. The number of anilines is 2. The standard InChI is InChI=1S/C16H22N4/c17-14-7-13-9-18-19-15(13)8-16(14)20-6-5-11-3-1-2-4-12(11)10-20/h7-9,11-12H,1-6,10,17H2,(H,18,19). The molecule has 106 valence electrons. The van der Waals surface area contributed by atoms with Gasteiger partial charge in [0.2, 0.25) is 0 Å². The molecule has 2 heterocycles. The van der Waals surface area contributed by atoms with E-state index in [1.807, 2.05) is 12.3 Å². The fraction of sp³-hybridized carbons (Fsp3) is 0.562. The van der Waals surface area contributed by atoms with Crippen molar-refractivity contribution in [3.8, 4) is 0 Å². The minimum atomic E-state index is 0.870. The fourth-order valence-corrected chi connectivity index (χ4v) is 4.09. The Balaban J connectivity index is 1.63. The first-order valence-corrected chi connectivity index (χ1v) is 7.79. The maximum Gasteiger partial charge on any atom is 0.0672 e. The third-order valence-corrected chi connectivity index (χ3v) is 5.22. The third-order valence-electron chi connectivity index (χ3n) is 5.22. The van der Waals surface area contributed by atoms with E-state index in [-0.39, 0.29) is 0 Å². The Morgan fingerprint density at radius 2 is 2.00 bits per heavy atom. The Morgan fingerprint density at radius 3 is 2.90 bits per heavy atom. The van der Waals surface area contributed by atoms with E-state index in [0.29, 0.717) is 0 Å². The lowest BCUT2D eigenvalue weighted by Gasteiger charge is -2.42. The number of fused-ring (bicyclic) bond motifs is 2. The molecule has 20 heavy (non-hydrogen) atoms. The van der Waals surface area contributed by atoms with Crippen LogP contribution >= 0.6 is 0 Å². The van der Waals surface area contributed by atoms with Crippen LogP contribution < -0.4 is 10.6 Å². The number of nitrogens with one attached hydrogen (secondary N) is 1. The van der Waals surface area contributed by atoms with Crippen LogP contribution in [0.1, 0.15) is 32.1 Å². The van der Waals surface area contributed by atoms with Gasteiger partial charge in [0.1, 0.15) is 0 Å². The molecule has 2 fully saturated rings. The van der Waals surface area contributed by atoms with Crippen LogP contribution in [0.15, 0.2) is 18.3 Å². The van der Waals surface area contributed by atoms with E-state index in [9.17, 15) is 0 Å². The quantitative estimate of drug-likeness (QED) is 0.783. The van der Waals surface area contributed by atoms with Gasteiger partial charge in [0, 0.05) is 18.5 Å². The van der Waals surface area contributed by atoms with Gasteiger partial charge in [-0.15, -0.1) is 0 Å². The highest BCUT2D eigenvalue weighted by Crippen LogP contribution is 2.39. The number of hydrogen-bond donors (Lipinski definition) is 2. The third kappa shape index (κ3) is 1.94. The van der Waals surface area contributed by atoms with Crippen molar-refractivity contribution in [3.63, 3.8) is 0 Å². The number of benzene rings is 1. The molecule has 2 aliphatic rings. The lowest BCUT2D eigenvalue weighted by molar-refractivity contribution is 0.202. The van der Waals surface area contributed by atoms with Crippen molar-refractivity contribution in [2.45, 2.75) is 32.1 Å². The molecule has 4 heteroatoms. The number of hydrogen-bond acceptors (Lipinski definition) is 3. The zero-order chi connectivity index (χ0) is 13.5. The largest absolute Gasteiger partial charge is 0.397 e. The SMILES string of the molecule is Nc1cc2cn[nH]c2cc1N1CCC2CCCCC2C1. The summed E-state index contributed by atoms with van der Waals surface area (Å²) in [5, 5.41) is 8.24. The molecule has 0 bridgehead atoms. The van der Waals surface area contributed by atoms with E-state index in [2.05, 4.69) is 21.2 Å². The van der Waals surface area contributed by atoms with Gasteiger partial charge in [-0.3, -0.25) is 5.10 Å². The molecule has 0 spiro atoms. The van der Waals surface area contributed by atoms with Gasteiger partial charge in [0.25, 0.3) is 0 Å². The number of nitrogen functional groups attached to an aromatic ring is 1. The molecule has 1 saturated carbocycles. The van der Waals surface area contributed by atoms with Crippen molar-refractivity contribution in [2.75, 3.05) is 23.7 Å². The van der Waals surface area contributed by atoms with Crippen LogP contribution in [0.5, 0.6) is 0 Å². The molecular formula is C16H22N4. The molecule has 1 aromatic heterocycles. The maximum absolute atomic E-state index is 6.26. The molecule has 0 amide bonds. The van der Waals surface area contributed by atoms with Gasteiger partial charge >= 0.3 is 0 Å². The second kappa shape index (κ2) is 4.69. The van der Waals surface area contributed by atoms with Crippen LogP contribution in [-0.4, -0.2) is 23.3 Å². The summed E-state index contributed by atoms with van der Waals surface area (Å²) in [5.74, 6) is 1.83. The van der Waals surface area contributed by atoms with Gasteiger partial charge in [-0.1, -0.05) is 19.3 Å². The summed E-state index contributed by atoms with van der Waals surface area (Å²) in [5.41, 5.74) is 9.41. The summed E-state index contributed by atoms with van der Waals surface area (Å²) in [6.07, 6.45) is 8.84. The van der Waals surface area contributed by atoms with Crippen LogP contribution in [0, 0.1) is 11.8 Å². The summed E-state index contributed by atoms with van der Waals surface area (Å²) in [6.45, 7) is 2.32. The number of aromatic nitrogens is 2. The summed E-state index contributed by atoms with van der Waals surface area (Å²) < 4.78 is 0. The van der Waals surface area contributed by atoms with Crippen molar-refractivity contribution in [1.82, 2.24) is 10.2 Å².